The molecule has 0 radical (unpaired) electrons. The Morgan fingerprint density at radius 3 is 2.72 bits per heavy atom. The smallest absolute Gasteiger partial charge is 0.162 e. The van der Waals surface area contributed by atoms with Gasteiger partial charge in [-0.1, -0.05) is 42.5 Å². The van der Waals surface area contributed by atoms with Gasteiger partial charge >= 0.3 is 0 Å². The number of nitrogens with one attached hydrogen (secondary N) is 1. The molecule has 2 atom stereocenters. The number of rotatable bonds is 3. The highest BCUT2D eigenvalue weighted by atomic mass is 16.1. The summed E-state index contributed by atoms with van der Waals surface area (Å²) in [5, 5.41) is 3.74. The average Bonchev–Trinajstić information content (AvgIpc) is 3.01. The van der Waals surface area contributed by atoms with Crippen LogP contribution in [-0.4, -0.2) is 18.0 Å². The molecule has 0 saturated carbocycles. The molecular weight excluding hydrogens is 308 g/mol. The number of ketones is 1. The third-order valence-corrected chi connectivity index (χ3v) is 5.65. The fraction of sp³-hybridized carbons (Fsp3) is 0.318. The summed E-state index contributed by atoms with van der Waals surface area (Å²) >= 11 is 0. The number of carbonyl (C=O) groups excluding carboxylic acids is 1. The van der Waals surface area contributed by atoms with Gasteiger partial charge in [-0.05, 0) is 49.6 Å². The van der Waals surface area contributed by atoms with Gasteiger partial charge < -0.3 is 10.2 Å². The van der Waals surface area contributed by atoms with Gasteiger partial charge in [-0.25, -0.2) is 0 Å². The Morgan fingerprint density at radius 2 is 2.00 bits per heavy atom. The van der Waals surface area contributed by atoms with Crippen LogP contribution in [0.2, 0.25) is 0 Å². The van der Waals surface area contributed by atoms with Crippen molar-refractivity contribution in [2.45, 2.75) is 31.8 Å². The van der Waals surface area contributed by atoms with Gasteiger partial charge in [0.1, 0.15) is 5.66 Å². The van der Waals surface area contributed by atoms with Gasteiger partial charge in [0, 0.05) is 24.3 Å². The lowest BCUT2D eigenvalue weighted by Gasteiger charge is -2.51. The summed E-state index contributed by atoms with van der Waals surface area (Å²) in [7, 11) is 0. The summed E-state index contributed by atoms with van der Waals surface area (Å²) in [6.45, 7) is 6.80. The van der Waals surface area contributed by atoms with Gasteiger partial charge in [0.15, 0.2) is 5.78 Å². The van der Waals surface area contributed by atoms with Crippen LogP contribution in [-0.2, 0) is 11.2 Å². The second kappa shape index (κ2) is 6.07. The Hall–Kier alpha value is -2.55. The van der Waals surface area contributed by atoms with E-state index >= 15 is 0 Å². The molecule has 4 rings (SSSR count). The fourth-order valence-electron chi connectivity index (χ4n) is 4.42. The van der Waals surface area contributed by atoms with Crippen molar-refractivity contribution in [1.82, 2.24) is 0 Å². The molecule has 2 aliphatic rings. The normalized spacial score (nSPS) is 24.7. The highest BCUT2D eigenvalue weighted by Crippen LogP contribution is 2.45. The molecule has 1 saturated heterocycles. The van der Waals surface area contributed by atoms with E-state index in [1.54, 1.807) is 0 Å². The Kier molecular flexibility index (Phi) is 3.87. The van der Waals surface area contributed by atoms with Crippen molar-refractivity contribution < 1.29 is 4.79 Å². The van der Waals surface area contributed by atoms with E-state index in [-0.39, 0.29) is 11.7 Å². The summed E-state index contributed by atoms with van der Waals surface area (Å²) in [4.78, 5) is 15.1. The number of para-hydroxylation sites is 1. The quantitative estimate of drug-likeness (QED) is 0.849. The minimum absolute atomic E-state index is 0.0903. The third kappa shape index (κ3) is 2.55. The Bertz CT molecular complexity index is 784. The van der Waals surface area contributed by atoms with Crippen LogP contribution in [0.5, 0.6) is 0 Å². The van der Waals surface area contributed by atoms with Gasteiger partial charge in [0.05, 0.1) is 5.92 Å². The maximum atomic E-state index is 12.7. The first-order valence-corrected chi connectivity index (χ1v) is 9.01. The topological polar surface area (TPSA) is 32.3 Å². The van der Waals surface area contributed by atoms with Crippen LogP contribution in [0, 0.1) is 12.8 Å². The van der Waals surface area contributed by atoms with Crippen molar-refractivity contribution in [2.75, 3.05) is 16.8 Å². The van der Waals surface area contributed by atoms with E-state index in [0.29, 0.717) is 0 Å². The molecule has 2 aromatic rings. The number of hydrogen-bond donors (Lipinski definition) is 1. The molecule has 0 bridgehead atoms. The number of aryl methyl sites for hydroxylation is 1. The van der Waals surface area contributed by atoms with Gasteiger partial charge in [0.25, 0.3) is 0 Å². The van der Waals surface area contributed by atoms with E-state index in [2.05, 4.69) is 66.2 Å². The molecule has 3 heteroatoms. The molecule has 0 aliphatic carbocycles. The van der Waals surface area contributed by atoms with E-state index in [0.717, 1.165) is 31.5 Å². The van der Waals surface area contributed by atoms with Gasteiger partial charge in [0.2, 0.25) is 0 Å². The summed E-state index contributed by atoms with van der Waals surface area (Å²) in [6, 6.07) is 17.0. The first kappa shape index (κ1) is 15.9. The molecule has 128 valence electrons. The van der Waals surface area contributed by atoms with E-state index in [9.17, 15) is 4.79 Å². The second-order valence-electron chi connectivity index (χ2n) is 7.17. The molecule has 2 aromatic carbocycles. The molecule has 2 heterocycles. The van der Waals surface area contributed by atoms with Crippen LogP contribution >= 0.6 is 0 Å². The van der Waals surface area contributed by atoms with Crippen molar-refractivity contribution in [3.8, 4) is 0 Å². The first-order chi connectivity index (χ1) is 12.1. The number of carbonyl (C=O) groups is 1. The van der Waals surface area contributed by atoms with Gasteiger partial charge in [-0.2, -0.15) is 0 Å². The standard InChI is InChI=1S/C22H24N2O/c1-3-21(25)19-8-6-14-24(18-12-10-16(2)11-13-18)22(19)15-17-7-4-5-9-20(17)23-22/h3-5,7,9-13,19,23H,1,6,8,14-15H2,2H3. The van der Waals surface area contributed by atoms with Crippen LogP contribution in [0.4, 0.5) is 11.4 Å². The lowest BCUT2D eigenvalue weighted by atomic mass is 9.78. The molecule has 1 N–H and O–H groups in total. The van der Waals surface area contributed by atoms with Crippen LogP contribution in [0.3, 0.4) is 0 Å². The minimum atomic E-state index is -0.400. The largest absolute Gasteiger partial charge is 0.362 e. The van der Waals surface area contributed by atoms with Crippen LogP contribution in [0.15, 0.2) is 61.2 Å². The lowest BCUT2D eigenvalue weighted by Crippen LogP contribution is -2.63. The average molecular weight is 332 g/mol. The highest BCUT2D eigenvalue weighted by Gasteiger charge is 2.52. The SMILES string of the molecule is C=CC(=O)C1CCCN(c2ccc(C)cc2)C12Cc1ccccc1N2. The number of fused-ring (bicyclic) bond motifs is 1. The number of hydrogen-bond acceptors (Lipinski definition) is 3. The fourth-order valence-corrected chi connectivity index (χ4v) is 4.42. The zero-order valence-electron chi connectivity index (χ0n) is 14.7. The van der Waals surface area contributed by atoms with Crippen molar-refractivity contribution >= 4 is 17.2 Å². The number of piperidine rings is 1. The van der Waals surface area contributed by atoms with Crippen LogP contribution < -0.4 is 10.2 Å². The summed E-state index contributed by atoms with van der Waals surface area (Å²) in [5.41, 5.74) is 4.44. The third-order valence-electron chi connectivity index (χ3n) is 5.65. The maximum absolute atomic E-state index is 12.7. The van der Waals surface area contributed by atoms with E-state index in [1.165, 1.54) is 22.9 Å². The molecule has 1 spiro atoms. The van der Waals surface area contributed by atoms with Gasteiger partial charge in [-0.15, -0.1) is 0 Å². The van der Waals surface area contributed by atoms with Crippen LogP contribution in [0.25, 0.3) is 0 Å². The molecule has 3 nitrogen and oxygen atoms in total. The Labute approximate surface area is 149 Å². The minimum Gasteiger partial charge on any atom is -0.362 e. The van der Waals surface area contributed by atoms with E-state index in [4.69, 9.17) is 0 Å². The summed E-state index contributed by atoms with van der Waals surface area (Å²) in [5.74, 6) is 0.0459. The predicted octanol–water partition coefficient (Wildman–Crippen LogP) is 4.33. The van der Waals surface area contributed by atoms with E-state index < -0.39 is 5.66 Å². The van der Waals surface area contributed by atoms with Crippen molar-refractivity contribution in [1.29, 1.82) is 0 Å². The molecule has 1 fully saturated rings. The van der Waals surface area contributed by atoms with Crippen molar-refractivity contribution in [3.05, 3.63) is 72.3 Å². The van der Waals surface area contributed by atoms with Crippen LogP contribution in [0.1, 0.15) is 24.0 Å². The number of nitrogens with zero attached hydrogens (tertiary/aromatic N) is 1. The highest BCUT2D eigenvalue weighted by molar-refractivity contribution is 5.94. The molecular formula is C22H24N2O. The Morgan fingerprint density at radius 1 is 1.24 bits per heavy atom. The number of benzene rings is 2. The summed E-state index contributed by atoms with van der Waals surface area (Å²) < 4.78 is 0. The second-order valence-corrected chi connectivity index (χ2v) is 7.17. The van der Waals surface area contributed by atoms with Gasteiger partial charge in [-0.3, -0.25) is 4.79 Å². The lowest BCUT2D eigenvalue weighted by molar-refractivity contribution is -0.120. The molecule has 25 heavy (non-hydrogen) atoms. The number of allylic oxidation sites excluding steroid dienone is 1. The zero-order valence-corrected chi connectivity index (χ0v) is 14.7. The van der Waals surface area contributed by atoms with Crippen molar-refractivity contribution in [3.63, 3.8) is 0 Å². The molecule has 0 aromatic heterocycles. The Balaban J connectivity index is 1.81. The predicted molar refractivity (Wildman–Crippen MR) is 103 cm³/mol. The maximum Gasteiger partial charge on any atom is 0.162 e. The molecule has 0 amide bonds. The monoisotopic (exact) mass is 332 g/mol. The first-order valence-electron chi connectivity index (χ1n) is 9.01. The number of anilines is 2. The zero-order chi connectivity index (χ0) is 17.4. The van der Waals surface area contributed by atoms with Crippen molar-refractivity contribution in [2.24, 2.45) is 5.92 Å². The molecule has 2 aliphatic heterocycles. The van der Waals surface area contributed by atoms with E-state index in [1.807, 2.05) is 6.07 Å². The summed E-state index contributed by atoms with van der Waals surface area (Å²) in [6.07, 6.45) is 4.24. The molecule has 2 unspecified atom stereocenters.